The molecule has 1 aromatic carbocycles. The quantitative estimate of drug-likeness (QED) is 0.801. The number of carbonyl (C=O) groups is 1. The minimum atomic E-state index is -2.96. The van der Waals surface area contributed by atoms with Crippen molar-refractivity contribution in [3.63, 3.8) is 0 Å². The highest BCUT2D eigenvalue weighted by Crippen LogP contribution is 2.22. The van der Waals surface area contributed by atoms with Gasteiger partial charge in [-0.3, -0.25) is 4.79 Å². The number of aryl methyl sites for hydroxylation is 1. The van der Waals surface area contributed by atoms with E-state index in [0.717, 1.165) is 25.1 Å². The van der Waals surface area contributed by atoms with Crippen LogP contribution < -0.4 is 10.6 Å². The molecule has 1 aliphatic rings. The second-order valence-corrected chi connectivity index (χ2v) is 7.40. The fourth-order valence-electron chi connectivity index (χ4n) is 2.25. The number of amides is 1. The van der Waals surface area contributed by atoms with Crippen molar-refractivity contribution in [2.45, 2.75) is 19.3 Å². The highest BCUT2D eigenvalue weighted by atomic mass is 32.2. The van der Waals surface area contributed by atoms with Crippen LogP contribution >= 0.6 is 0 Å². The second-order valence-electron chi connectivity index (χ2n) is 5.14. The van der Waals surface area contributed by atoms with Crippen LogP contribution in [-0.2, 0) is 16.3 Å². The molecule has 1 heterocycles. The molecule has 1 amide bonds. The van der Waals surface area contributed by atoms with Crippen LogP contribution in [0.2, 0.25) is 0 Å². The summed E-state index contributed by atoms with van der Waals surface area (Å²) < 4.78 is 22.0. The Bertz CT molecular complexity index is 596. The van der Waals surface area contributed by atoms with E-state index in [1.165, 1.54) is 11.8 Å². The first-order chi connectivity index (χ1) is 9.46. The predicted octanol–water partition coefficient (Wildman–Crippen LogP) is 1.21. The number of hydrogen-bond donors (Lipinski definition) is 2. The normalized spacial score (nSPS) is 14.2. The van der Waals surface area contributed by atoms with E-state index >= 15 is 0 Å². The van der Waals surface area contributed by atoms with Gasteiger partial charge in [0.25, 0.3) is 5.91 Å². The average molecular weight is 296 g/mol. The summed E-state index contributed by atoms with van der Waals surface area (Å²) in [7, 11) is -2.96. The molecule has 2 rings (SSSR count). The van der Waals surface area contributed by atoms with Gasteiger partial charge in [-0.05, 0) is 43.0 Å². The first-order valence-electron chi connectivity index (χ1n) is 6.78. The van der Waals surface area contributed by atoms with E-state index in [9.17, 15) is 13.2 Å². The van der Waals surface area contributed by atoms with Gasteiger partial charge < -0.3 is 10.6 Å². The minimum Gasteiger partial charge on any atom is -0.385 e. The summed E-state index contributed by atoms with van der Waals surface area (Å²) in [6, 6.07) is 5.64. The van der Waals surface area contributed by atoms with Gasteiger partial charge in [-0.2, -0.15) is 0 Å². The van der Waals surface area contributed by atoms with Gasteiger partial charge in [0, 0.05) is 30.6 Å². The Kier molecular flexibility index (Phi) is 4.65. The fraction of sp³-hybridized carbons (Fsp3) is 0.500. The lowest BCUT2D eigenvalue weighted by atomic mass is 10.0. The van der Waals surface area contributed by atoms with E-state index in [1.54, 1.807) is 6.07 Å². The molecule has 0 fully saturated rings. The lowest BCUT2D eigenvalue weighted by molar-refractivity contribution is 0.0953. The maximum absolute atomic E-state index is 12.0. The van der Waals surface area contributed by atoms with Crippen LogP contribution in [0.5, 0.6) is 0 Å². The zero-order valence-electron chi connectivity index (χ0n) is 11.6. The Morgan fingerprint density at radius 3 is 2.95 bits per heavy atom. The van der Waals surface area contributed by atoms with E-state index in [4.69, 9.17) is 0 Å². The molecule has 0 spiro atoms. The number of nitrogens with one attached hydrogen (secondary N) is 2. The van der Waals surface area contributed by atoms with Gasteiger partial charge >= 0.3 is 0 Å². The molecule has 0 aromatic heterocycles. The Hall–Kier alpha value is -1.56. The Balaban J connectivity index is 1.89. The summed E-state index contributed by atoms with van der Waals surface area (Å²) in [5, 5.41) is 6.05. The molecule has 0 aliphatic carbocycles. The van der Waals surface area contributed by atoms with E-state index in [0.29, 0.717) is 18.5 Å². The second kappa shape index (κ2) is 6.26. The van der Waals surface area contributed by atoms with Gasteiger partial charge in [0.05, 0.1) is 5.75 Å². The van der Waals surface area contributed by atoms with Crippen LogP contribution in [0.4, 0.5) is 5.69 Å². The molecule has 1 aromatic rings. The third-order valence-electron chi connectivity index (χ3n) is 3.28. The van der Waals surface area contributed by atoms with E-state index < -0.39 is 9.84 Å². The van der Waals surface area contributed by atoms with Gasteiger partial charge in [0.1, 0.15) is 9.84 Å². The number of rotatable bonds is 5. The van der Waals surface area contributed by atoms with Gasteiger partial charge in [-0.25, -0.2) is 8.42 Å². The smallest absolute Gasteiger partial charge is 0.251 e. The van der Waals surface area contributed by atoms with Crippen molar-refractivity contribution in [2.75, 3.05) is 30.4 Å². The van der Waals surface area contributed by atoms with Crippen LogP contribution in [0.1, 0.15) is 28.8 Å². The minimum absolute atomic E-state index is 0.0986. The number of benzene rings is 1. The molecule has 0 saturated heterocycles. The summed E-state index contributed by atoms with van der Waals surface area (Å²) >= 11 is 0. The van der Waals surface area contributed by atoms with Crippen molar-refractivity contribution in [3.05, 3.63) is 29.3 Å². The fourth-order valence-corrected chi connectivity index (χ4v) is 2.92. The lowest BCUT2D eigenvalue weighted by Crippen LogP contribution is -2.26. The summed E-state index contributed by atoms with van der Waals surface area (Å²) in [4.78, 5) is 12.0. The third-order valence-corrected chi connectivity index (χ3v) is 4.31. The third kappa shape index (κ3) is 4.23. The average Bonchev–Trinajstić information content (AvgIpc) is 2.42. The highest BCUT2D eigenvalue weighted by molar-refractivity contribution is 7.90. The molecule has 6 heteroatoms. The molecule has 0 unspecified atom stereocenters. The zero-order chi connectivity index (χ0) is 14.6. The van der Waals surface area contributed by atoms with Crippen LogP contribution in [0.25, 0.3) is 0 Å². The molecular formula is C14H20N2O3S. The van der Waals surface area contributed by atoms with Crippen molar-refractivity contribution < 1.29 is 13.2 Å². The Morgan fingerprint density at radius 2 is 2.20 bits per heavy atom. The molecule has 0 radical (unpaired) electrons. The van der Waals surface area contributed by atoms with Gasteiger partial charge in [0.2, 0.25) is 0 Å². The molecule has 5 nitrogen and oxygen atoms in total. The summed E-state index contributed by atoms with van der Waals surface area (Å²) in [6.45, 7) is 1.35. The zero-order valence-corrected chi connectivity index (χ0v) is 12.4. The number of hydrogen-bond acceptors (Lipinski definition) is 4. The monoisotopic (exact) mass is 296 g/mol. The van der Waals surface area contributed by atoms with Crippen molar-refractivity contribution in [3.8, 4) is 0 Å². The van der Waals surface area contributed by atoms with Crippen LogP contribution in [0, 0.1) is 0 Å². The van der Waals surface area contributed by atoms with Gasteiger partial charge in [-0.1, -0.05) is 0 Å². The Labute approximate surface area is 119 Å². The summed E-state index contributed by atoms with van der Waals surface area (Å²) in [5.74, 6) is -0.0478. The summed E-state index contributed by atoms with van der Waals surface area (Å²) in [5.41, 5.74) is 2.90. The Morgan fingerprint density at radius 1 is 1.40 bits per heavy atom. The number of fused-ring (bicyclic) bond motifs is 1. The SMILES string of the molecule is CS(=O)(=O)CCCNC(=O)c1ccc2c(c1)CCCN2. The molecule has 110 valence electrons. The largest absolute Gasteiger partial charge is 0.385 e. The highest BCUT2D eigenvalue weighted by Gasteiger charge is 2.12. The number of carbonyl (C=O) groups excluding carboxylic acids is 1. The van der Waals surface area contributed by atoms with Crippen molar-refractivity contribution in [1.29, 1.82) is 0 Å². The molecule has 0 bridgehead atoms. The van der Waals surface area contributed by atoms with Crippen LogP contribution in [0.3, 0.4) is 0 Å². The first-order valence-corrected chi connectivity index (χ1v) is 8.84. The van der Waals surface area contributed by atoms with Crippen molar-refractivity contribution >= 4 is 21.4 Å². The van der Waals surface area contributed by atoms with Crippen LogP contribution in [0.15, 0.2) is 18.2 Å². The standard InChI is InChI=1S/C14H20N2O3S/c1-20(18,19)9-3-8-16-14(17)12-5-6-13-11(10-12)4-2-7-15-13/h5-6,10,15H,2-4,7-9H2,1H3,(H,16,17). The van der Waals surface area contributed by atoms with Gasteiger partial charge in [-0.15, -0.1) is 0 Å². The van der Waals surface area contributed by atoms with Crippen LogP contribution in [-0.4, -0.2) is 39.4 Å². The molecular weight excluding hydrogens is 276 g/mol. The van der Waals surface area contributed by atoms with E-state index in [-0.39, 0.29) is 11.7 Å². The molecule has 20 heavy (non-hydrogen) atoms. The van der Waals surface area contributed by atoms with E-state index in [1.807, 2.05) is 12.1 Å². The molecule has 1 aliphatic heterocycles. The predicted molar refractivity (Wildman–Crippen MR) is 79.9 cm³/mol. The van der Waals surface area contributed by atoms with Gasteiger partial charge in [0.15, 0.2) is 0 Å². The van der Waals surface area contributed by atoms with Crippen molar-refractivity contribution in [2.24, 2.45) is 0 Å². The number of anilines is 1. The topological polar surface area (TPSA) is 75.3 Å². The first kappa shape index (κ1) is 14.8. The molecule has 0 saturated carbocycles. The lowest BCUT2D eigenvalue weighted by Gasteiger charge is -2.18. The maximum Gasteiger partial charge on any atom is 0.251 e. The molecule has 2 N–H and O–H groups in total. The maximum atomic E-state index is 12.0. The van der Waals surface area contributed by atoms with Crippen molar-refractivity contribution in [1.82, 2.24) is 5.32 Å². The number of sulfone groups is 1. The van der Waals surface area contributed by atoms with E-state index in [2.05, 4.69) is 10.6 Å². The molecule has 0 atom stereocenters. The summed E-state index contributed by atoms with van der Waals surface area (Å²) in [6.07, 6.45) is 3.70.